The zero-order valence-electron chi connectivity index (χ0n) is 30.8. The minimum Gasteiger partial charge on any atom is -0.444 e. The third-order valence-electron chi connectivity index (χ3n) is 8.72. The molecular weight excluding hydrogens is 608 g/mol. The van der Waals surface area contributed by atoms with E-state index in [9.17, 15) is 24.3 Å². The van der Waals surface area contributed by atoms with Crippen molar-refractivity contribution in [1.29, 1.82) is 0 Å². The smallest absolute Gasteiger partial charge is 0.408 e. The highest BCUT2D eigenvalue weighted by atomic mass is 16.6. The number of hydrogen-bond acceptors (Lipinski definition) is 6. The minimum absolute atomic E-state index is 0.0623. The highest BCUT2D eigenvalue weighted by Crippen LogP contribution is 2.29. The monoisotopic (exact) mass is 672 g/mol. The maximum absolute atomic E-state index is 13.8. The van der Waals surface area contributed by atoms with Crippen molar-refractivity contribution >= 4 is 23.8 Å². The highest BCUT2D eigenvalue weighted by Gasteiger charge is 2.33. The number of rotatable bonds is 17. The van der Waals surface area contributed by atoms with E-state index in [1.165, 1.54) is 6.42 Å². The molecule has 1 aliphatic rings. The molecule has 1 aliphatic carbocycles. The summed E-state index contributed by atoms with van der Waals surface area (Å²) in [5, 5.41) is 23.1. The van der Waals surface area contributed by atoms with Gasteiger partial charge in [-0.05, 0) is 69.8 Å². The lowest BCUT2D eigenvalue weighted by molar-refractivity contribution is -0.131. The third kappa shape index (κ3) is 16.3. The number of ether oxygens (including phenoxy) is 1. The molecule has 10 heteroatoms. The Morgan fingerprint density at radius 2 is 1.46 bits per heavy atom. The first-order chi connectivity index (χ1) is 22.5. The molecule has 0 aromatic heterocycles. The molecule has 1 saturated carbocycles. The number of aliphatic hydroxyl groups excluding tert-OH is 1. The molecule has 0 spiro atoms. The molecule has 10 nitrogen and oxygen atoms in total. The fourth-order valence-electron chi connectivity index (χ4n) is 6.04. The van der Waals surface area contributed by atoms with Crippen LogP contribution in [0.5, 0.6) is 0 Å². The minimum atomic E-state index is -0.934. The fraction of sp³-hybridized carbons (Fsp3) is 0.737. The van der Waals surface area contributed by atoms with Crippen molar-refractivity contribution in [3.63, 3.8) is 0 Å². The lowest BCUT2D eigenvalue weighted by Gasteiger charge is -2.32. The molecule has 0 radical (unpaired) electrons. The number of carbonyl (C=O) groups excluding carboxylic acids is 4. The van der Waals surface area contributed by atoms with Gasteiger partial charge in [0.2, 0.25) is 17.7 Å². The van der Waals surface area contributed by atoms with Crippen LogP contribution in [0.1, 0.15) is 125 Å². The number of nitrogens with one attached hydrogen (secondary N) is 4. The van der Waals surface area contributed by atoms with Crippen LogP contribution in [0.2, 0.25) is 0 Å². The van der Waals surface area contributed by atoms with Gasteiger partial charge < -0.3 is 31.1 Å². The summed E-state index contributed by atoms with van der Waals surface area (Å²) in [6, 6.07) is 7.32. The normalized spacial score (nSPS) is 17.3. The van der Waals surface area contributed by atoms with Crippen LogP contribution in [0, 0.1) is 17.3 Å². The molecule has 1 aromatic rings. The summed E-state index contributed by atoms with van der Waals surface area (Å²) in [6.45, 7) is 15.7. The molecule has 48 heavy (non-hydrogen) atoms. The Hall–Kier alpha value is -3.14. The predicted octanol–water partition coefficient (Wildman–Crippen LogP) is 5.80. The van der Waals surface area contributed by atoms with Gasteiger partial charge in [-0.25, -0.2) is 4.79 Å². The summed E-state index contributed by atoms with van der Waals surface area (Å²) < 4.78 is 5.44. The average Bonchev–Trinajstić information content (AvgIpc) is 3.00. The lowest BCUT2D eigenvalue weighted by atomic mass is 9.82. The first-order valence-electron chi connectivity index (χ1n) is 18.1. The largest absolute Gasteiger partial charge is 0.444 e. The number of aliphatic hydroxyl groups is 1. The Kier molecular flexibility index (Phi) is 16.9. The molecule has 4 amide bonds. The van der Waals surface area contributed by atoms with E-state index in [0.29, 0.717) is 44.6 Å². The van der Waals surface area contributed by atoms with Crippen LogP contribution >= 0.6 is 0 Å². The highest BCUT2D eigenvalue weighted by molar-refractivity contribution is 5.91. The summed E-state index contributed by atoms with van der Waals surface area (Å²) in [7, 11) is 0. The van der Waals surface area contributed by atoms with Gasteiger partial charge in [0.1, 0.15) is 17.7 Å². The fourth-order valence-corrected chi connectivity index (χ4v) is 6.04. The van der Waals surface area contributed by atoms with Crippen molar-refractivity contribution in [2.24, 2.45) is 17.3 Å². The zero-order chi connectivity index (χ0) is 35.9. The third-order valence-corrected chi connectivity index (χ3v) is 8.72. The number of amides is 4. The molecule has 0 saturated heterocycles. The Morgan fingerprint density at radius 1 is 0.854 bits per heavy atom. The van der Waals surface area contributed by atoms with Crippen molar-refractivity contribution in [2.75, 3.05) is 6.54 Å². The van der Waals surface area contributed by atoms with Crippen LogP contribution in [0.4, 0.5) is 4.79 Å². The molecule has 1 fully saturated rings. The second-order valence-electron chi connectivity index (χ2n) is 15.9. The quantitative estimate of drug-likeness (QED) is 0.141. The molecule has 272 valence electrons. The summed E-state index contributed by atoms with van der Waals surface area (Å²) in [5.41, 5.74) is 0.214. The molecule has 0 bridgehead atoms. The second kappa shape index (κ2) is 19.8. The van der Waals surface area contributed by atoms with Crippen molar-refractivity contribution in [2.45, 2.75) is 156 Å². The van der Waals surface area contributed by atoms with E-state index in [1.54, 1.807) is 27.7 Å². The van der Waals surface area contributed by atoms with Crippen LogP contribution in [0.3, 0.4) is 0 Å². The molecule has 5 atom stereocenters. The Bertz CT molecular complexity index is 1140. The summed E-state index contributed by atoms with van der Waals surface area (Å²) >= 11 is 0. The van der Waals surface area contributed by atoms with Crippen molar-refractivity contribution in [1.82, 2.24) is 21.3 Å². The van der Waals surface area contributed by atoms with Crippen molar-refractivity contribution in [3.8, 4) is 0 Å². The summed E-state index contributed by atoms with van der Waals surface area (Å²) in [4.78, 5) is 53.1. The maximum atomic E-state index is 13.8. The molecule has 0 heterocycles. The summed E-state index contributed by atoms with van der Waals surface area (Å²) in [5.74, 6) is -1.05. The molecule has 0 unspecified atom stereocenters. The van der Waals surface area contributed by atoms with Crippen molar-refractivity contribution < 1.29 is 29.0 Å². The Balaban J connectivity index is 2.19. The molecule has 1 aromatic carbocycles. The lowest BCUT2D eigenvalue weighted by Crippen LogP contribution is -2.56. The number of carbonyl (C=O) groups is 4. The first-order valence-corrected chi connectivity index (χ1v) is 18.1. The SMILES string of the molecule is CCC[C@H](NC(=O)[C@H](CCc1ccccc1)NC(=O)OC(C)(C)C)C(=O)N[C@@H](CC1CCCCC1)[C@@H](O)C[C@@H](C)C(=O)NCC(C)(C)C. The van der Waals surface area contributed by atoms with Gasteiger partial charge in [-0.15, -0.1) is 0 Å². The second-order valence-corrected chi connectivity index (χ2v) is 15.9. The van der Waals surface area contributed by atoms with Gasteiger partial charge in [-0.3, -0.25) is 14.4 Å². The van der Waals surface area contributed by atoms with Gasteiger partial charge in [0.05, 0.1) is 12.1 Å². The number of aryl methyl sites for hydroxylation is 1. The topological polar surface area (TPSA) is 146 Å². The molecule has 5 N–H and O–H groups in total. The van der Waals surface area contributed by atoms with E-state index in [4.69, 9.17) is 4.74 Å². The van der Waals surface area contributed by atoms with Crippen LogP contribution in [0.15, 0.2) is 30.3 Å². The number of hydrogen-bond donors (Lipinski definition) is 5. The maximum Gasteiger partial charge on any atom is 0.408 e. The zero-order valence-corrected chi connectivity index (χ0v) is 30.8. The number of alkyl carbamates (subject to hydrolysis) is 1. The van der Waals surface area contributed by atoms with Crippen LogP contribution in [-0.4, -0.2) is 65.3 Å². The van der Waals surface area contributed by atoms with E-state index in [-0.39, 0.29) is 23.7 Å². The summed E-state index contributed by atoms with van der Waals surface area (Å²) in [6.07, 6.45) is 6.55. The van der Waals surface area contributed by atoms with Gasteiger partial charge in [-0.1, -0.05) is 103 Å². The first kappa shape index (κ1) is 41.0. The Labute approximate surface area is 289 Å². The van der Waals surface area contributed by atoms with Gasteiger partial charge >= 0.3 is 6.09 Å². The predicted molar refractivity (Wildman–Crippen MR) is 190 cm³/mol. The van der Waals surface area contributed by atoms with Crippen LogP contribution in [-0.2, 0) is 25.5 Å². The van der Waals surface area contributed by atoms with Gasteiger partial charge in [-0.2, -0.15) is 0 Å². The standard InChI is InChI=1S/C38H64N4O6/c1-9-16-29(40-35(46)30(42-36(47)48-38(6,7)8)22-21-27-17-12-10-13-18-27)34(45)41-31(24-28-19-14-11-15-20-28)32(43)23-26(2)33(44)39-25-37(3,4)5/h10,12-13,17-18,26,28-32,43H,9,11,14-16,19-25H2,1-8H3,(H,39,44)(H,40,46)(H,41,45)(H,42,47)/t26-,29+,30+,31+,32+/m1/s1. The van der Waals surface area contributed by atoms with E-state index < -0.39 is 47.7 Å². The molecule has 0 aliphatic heterocycles. The average molecular weight is 673 g/mol. The Morgan fingerprint density at radius 3 is 2.04 bits per heavy atom. The van der Waals surface area contributed by atoms with Gasteiger partial charge in [0.25, 0.3) is 0 Å². The van der Waals surface area contributed by atoms with Gasteiger partial charge in [0.15, 0.2) is 0 Å². The van der Waals surface area contributed by atoms with Crippen LogP contribution < -0.4 is 21.3 Å². The molecular formula is C38H64N4O6. The van der Waals surface area contributed by atoms with E-state index in [1.807, 2.05) is 58.0 Å². The van der Waals surface area contributed by atoms with Gasteiger partial charge in [0, 0.05) is 12.5 Å². The number of benzene rings is 1. The molecule has 2 rings (SSSR count). The van der Waals surface area contributed by atoms with E-state index >= 15 is 0 Å². The van der Waals surface area contributed by atoms with E-state index in [0.717, 1.165) is 31.2 Å². The van der Waals surface area contributed by atoms with E-state index in [2.05, 4.69) is 21.3 Å². The van der Waals surface area contributed by atoms with Crippen molar-refractivity contribution in [3.05, 3.63) is 35.9 Å². The van der Waals surface area contributed by atoms with Crippen LogP contribution in [0.25, 0.3) is 0 Å².